The average molecular weight is 300 g/mol. The van der Waals surface area contributed by atoms with Gasteiger partial charge in [-0.2, -0.15) is 0 Å². The molecule has 2 heteroatoms. The summed E-state index contributed by atoms with van der Waals surface area (Å²) in [5, 5.41) is 0.342. The van der Waals surface area contributed by atoms with Crippen molar-refractivity contribution in [1.82, 2.24) is 0 Å². The zero-order valence-corrected chi connectivity index (χ0v) is 16.1. The molecule has 0 amide bonds. The summed E-state index contributed by atoms with van der Waals surface area (Å²) in [5.41, 5.74) is 0. The van der Waals surface area contributed by atoms with Crippen molar-refractivity contribution in [3.05, 3.63) is 6.42 Å². The summed E-state index contributed by atoms with van der Waals surface area (Å²) in [7, 11) is -1.51. The van der Waals surface area contributed by atoms with Crippen molar-refractivity contribution in [2.24, 2.45) is 0 Å². The molecule has 0 atom stereocenters. The summed E-state index contributed by atoms with van der Waals surface area (Å²) in [4.78, 5) is 0. The molecule has 0 unspecified atom stereocenters. The number of hydrogen-bond acceptors (Lipinski definition) is 1. The quantitative estimate of drug-likeness (QED) is 0.286. The van der Waals surface area contributed by atoms with E-state index in [2.05, 4.69) is 47.2 Å². The van der Waals surface area contributed by atoms with Crippen LogP contribution in [0.4, 0.5) is 0 Å². The second-order valence-electron chi connectivity index (χ2n) is 7.60. The minimum absolute atomic E-state index is 0.342. The van der Waals surface area contributed by atoms with E-state index in [1.54, 1.807) is 0 Å². The standard InChI is InChI=1S/C18H39OSi/c1-7-8-9-10-11-12-13-14-15-16-17-19-20(5,6)18(2,3)4/h14H,7-13,15-17H2,1-6H3. The maximum atomic E-state index is 6.18. The van der Waals surface area contributed by atoms with Crippen LogP contribution in [0, 0.1) is 6.42 Å². The number of rotatable bonds is 12. The van der Waals surface area contributed by atoms with Gasteiger partial charge >= 0.3 is 0 Å². The summed E-state index contributed by atoms with van der Waals surface area (Å²) in [6.07, 6.45) is 14.6. The molecule has 0 rings (SSSR count). The van der Waals surface area contributed by atoms with E-state index in [0.717, 1.165) is 6.61 Å². The van der Waals surface area contributed by atoms with E-state index in [4.69, 9.17) is 4.43 Å². The van der Waals surface area contributed by atoms with Crippen molar-refractivity contribution in [3.8, 4) is 0 Å². The van der Waals surface area contributed by atoms with E-state index in [1.807, 2.05) is 0 Å². The molecule has 0 fully saturated rings. The van der Waals surface area contributed by atoms with Crippen molar-refractivity contribution >= 4 is 8.32 Å². The lowest BCUT2D eigenvalue weighted by molar-refractivity contribution is 0.281. The van der Waals surface area contributed by atoms with Crippen LogP contribution in [-0.2, 0) is 4.43 Å². The van der Waals surface area contributed by atoms with Crippen molar-refractivity contribution in [1.29, 1.82) is 0 Å². The SMILES string of the molecule is CCCCCCCC[CH]CCCO[Si](C)(C)C(C)(C)C. The Bertz CT molecular complexity index is 218. The third kappa shape index (κ3) is 9.98. The van der Waals surface area contributed by atoms with Crippen LogP contribution in [0.15, 0.2) is 0 Å². The van der Waals surface area contributed by atoms with Crippen LogP contribution < -0.4 is 0 Å². The summed E-state index contributed by atoms with van der Waals surface area (Å²) < 4.78 is 6.18. The minimum Gasteiger partial charge on any atom is -0.417 e. The van der Waals surface area contributed by atoms with Crippen molar-refractivity contribution in [2.75, 3.05) is 6.61 Å². The first-order valence-corrected chi connectivity index (χ1v) is 11.7. The van der Waals surface area contributed by atoms with Gasteiger partial charge in [-0.1, -0.05) is 72.6 Å². The Morgan fingerprint density at radius 1 is 0.850 bits per heavy atom. The summed E-state index contributed by atoms with van der Waals surface area (Å²) in [6, 6.07) is 0. The van der Waals surface area contributed by atoms with E-state index >= 15 is 0 Å². The van der Waals surface area contributed by atoms with Crippen LogP contribution in [-0.4, -0.2) is 14.9 Å². The average Bonchev–Trinajstić information content (AvgIpc) is 2.34. The molecular formula is C18H39OSi. The van der Waals surface area contributed by atoms with Crippen molar-refractivity contribution in [2.45, 2.75) is 104 Å². The molecule has 20 heavy (non-hydrogen) atoms. The highest BCUT2D eigenvalue weighted by Gasteiger charge is 2.36. The van der Waals surface area contributed by atoms with E-state index < -0.39 is 8.32 Å². The van der Waals surface area contributed by atoms with E-state index in [9.17, 15) is 0 Å². The predicted octanol–water partition coefficient (Wildman–Crippen LogP) is 6.74. The largest absolute Gasteiger partial charge is 0.417 e. The molecule has 0 aromatic rings. The number of hydrogen-bond donors (Lipinski definition) is 0. The molecule has 0 N–H and O–H groups in total. The molecule has 0 saturated carbocycles. The van der Waals surface area contributed by atoms with Gasteiger partial charge in [-0.25, -0.2) is 0 Å². The first kappa shape index (κ1) is 20.2. The first-order valence-electron chi connectivity index (χ1n) is 8.77. The third-order valence-electron chi connectivity index (χ3n) is 4.58. The van der Waals surface area contributed by atoms with Crippen LogP contribution in [0.25, 0.3) is 0 Å². The zero-order valence-electron chi connectivity index (χ0n) is 15.1. The Labute approximate surface area is 130 Å². The smallest absolute Gasteiger partial charge is 0.191 e. The zero-order chi connectivity index (χ0) is 15.5. The maximum absolute atomic E-state index is 6.18. The van der Waals surface area contributed by atoms with Crippen LogP contribution in [0.2, 0.25) is 18.1 Å². The van der Waals surface area contributed by atoms with Crippen LogP contribution >= 0.6 is 0 Å². The Morgan fingerprint density at radius 2 is 1.40 bits per heavy atom. The van der Waals surface area contributed by atoms with Gasteiger partial charge in [0.25, 0.3) is 0 Å². The molecule has 1 nitrogen and oxygen atoms in total. The van der Waals surface area contributed by atoms with E-state index in [-0.39, 0.29) is 0 Å². The third-order valence-corrected chi connectivity index (χ3v) is 9.12. The monoisotopic (exact) mass is 299 g/mol. The van der Waals surface area contributed by atoms with Crippen molar-refractivity contribution < 1.29 is 4.43 Å². The highest BCUT2D eigenvalue weighted by atomic mass is 28.4. The molecular weight excluding hydrogens is 260 g/mol. The van der Waals surface area contributed by atoms with Crippen LogP contribution in [0.1, 0.15) is 85.5 Å². The van der Waals surface area contributed by atoms with Gasteiger partial charge in [-0.05, 0) is 37.4 Å². The van der Waals surface area contributed by atoms with E-state index in [1.165, 1.54) is 57.8 Å². The Hall–Kier alpha value is 0.177. The molecule has 0 aliphatic carbocycles. The molecule has 0 heterocycles. The molecule has 0 aromatic heterocycles. The molecule has 0 aliphatic heterocycles. The number of unbranched alkanes of at least 4 members (excludes halogenated alkanes) is 9. The molecule has 0 aliphatic rings. The fourth-order valence-electron chi connectivity index (χ4n) is 1.98. The highest BCUT2D eigenvalue weighted by molar-refractivity contribution is 6.74. The minimum atomic E-state index is -1.51. The summed E-state index contributed by atoms with van der Waals surface area (Å²) in [5.74, 6) is 0. The maximum Gasteiger partial charge on any atom is 0.191 e. The van der Waals surface area contributed by atoms with Gasteiger partial charge in [-0.15, -0.1) is 0 Å². The first-order chi connectivity index (χ1) is 9.31. The summed E-state index contributed by atoms with van der Waals surface area (Å²) >= 11 is 0. The highest BCUT2D eigenvalue weighted by Crippen LogP contribution is 2.36. The van der Waals surface area contributed by atoms with Gasteiger partial charge in [0.05, 0.1) is 0 Å². The fourth-order valence-corrected chi connectivity index (χ4v) is 3.07. The molecule has 0 bridgehead atoms. The van der Waals surface area contributed by atoms with Gasteiger partial charge in [-0.3, -0.25) is 0 Å². The predicted molar refractivity (Wildman–Crippen MR) is 94.7 cm³/mol. The molecule has 0 aromatic carbocycles. The van der Waals surface area contributed by atoms with Crippen LogP contribution in [0.5, 0.6) is 0 Å². The summed E-state index contributed by atoms with van der Waals surface area (Å²) in [6.45, 7) is 14.8. The normalized spacial score (nSPS) is 12.9. The van der Waals surface area contributed by atoms with E-state index in [0.29, 0.717) is 5.04 Å². The van der Waals surface area contributed by atoms with Gasteiger partial charge in [0.1, 0.15) is 0 Å². The second kappa shape index (κ2) is 10.8. The lowest BCUT2D eigenvalue weighted by Gasteiger charge is -2.36. The molecule has 0 spiro atoms. The fraction of sp³-hybridized carbons (Fsp3) is 0.944. The Morgan fingerprint density at radius 3 is 2.00 bits per heavy atom. The second-order valence-corrected chi connectivity index (χ2v) is 12.4. The molecule has 0 saturated heterocycles. The Kier molecular flexibility index (Phi) is 10.9. The molecule has 1 radical (unpaired) electrons. The van der Waals surface area contributed by atoms with Crippen LogP contribution in [0.3, 0.4) is 0 Å². The Balaban J connectivity index is 3.33. The lowest BCUT2D eigenvalue weighted by Crippen LogP contribution is -2.40. The topological polar surface area (TPSA) is 9.23 Å². The van der Waals surface area contributed by atoms with Gasteiger partial charge in [0.2, 0.25) is 0 Å². The van der Waals surface area contributed by atoms with Gasteiger partial charge < -0.3 is 4.43 Å². The van der Waals surface area contributed by atoms with Gasteiger partial charge in [0.15, 0.2) is 8.32 Å². The molecule has 121 valence electrons. The van der Waals surface area contributed by atoms with Gasteiger partial charge in [0, 0.05) is 6.61 Å². The lowest BCUT2D eigenvalue weighted by atomic mass is 10.1. The van der Waals surface area contributed by atoms with Crippen molar-refractivity contribution in [3.63, 3.8) is 0 Å².